The summed E-state index contributed by atoms with van der Waals surface area (Å²) in [5.41, 5.74) is 6.94. The number of nitrogens with two attached hydrogens (primary N) is 1. The van der Waals surface area contributed by atoms with Crippen LogP contribution in [0.3, 0.4) is 0 Å². The molecule has 0 unspecified atom stereocenters. The van der Waals surface area contributed by atoms with Gasteiger partial charge in [-0.2, -0.15) is 0 Å². The van der Waals surface area contributed by atoms with Crippen LogP contribution < -0.4 is 15.2 Å². The van der Waals surface area contributed by atoms with Crippen LogP contribution in [0.4, 0.5) is 0 Å². The number of rotatable bonds is 6. The van der Waals surface area contributed by atoms with E-state index in [2.05, 4.69) is 0 Å². The van der Waals surface area contributed by atoms with Crippen LogP contribution in [0.15, 0.2) is 48.5 Å². The van der Waals surface area contributed by atoms with Crippen LogP contribution in [0.25, 0.3) is 0 Å². The Hall–Kier alpha value is -3.10. The van der Waals surface area contributed by atoms with Gasteiger partial charge in [0.2, 0.25) is 18.6 Å². The van der Waals surface area contributed by atoms with Gasteiger partial charge in [-0.15, -0.1) is 0 Å². The topological polar surface area (TPSA) is 100 Å². The Balaban J connectivity index is 1.54. The van der Waals surface area contributed by atoms with Gasteiger partial charge < -0.3 is 29.6 Å². The fourth-order valence-corrected chi connectivity index (χ4v) is 3.44. The minimum absolute atomic E-state index is 0.193. The zero-order valence-electron chi connectivity index (χ0n) is 15.8. The molecule has 8 heteroatoms. The molecular formula is C21H22N2O6. The fraction of sp³-hybridized carbons (Fsp3) is 0.333. The molecule has 0 spiro atoms. The molecule has 0 bridgehead atoms. The number of benzene rings is 2. The van der Waals surface area contributed by atoms with Crippen molar-refractivity contribution in [2.45, 2.75) is 12.2 Å². The van der Waals surface area contributed by atoms with E-state index in [1.54, 1.807) is 4.90 Å². The molecule has 2 atom stereocenters. The van der Waals surface area contributed by atoms with Crippen molar-refractivity contribution in [1.29, 1.82) is 0 Å². The average Bonchev–Trinajstić information content (AvgIpc) is 3.21. The SMILES string of the molecule is NC(=O)COCC(=O)N1C[C@@H](c2ccccc2)O[C@@H](c2ccc3c(c2)OCO3)C1. The zero-order chi connectivity index (χ0) is 20.2. The number of hydrogen-bond donors (Lipinski definition) is 1. The summed E-state index contributed by atoms with van der Waals surface area (Å²) in [6.07, 6.45) is -0.635. The molecular weight excluding hydrogens is 376 g/mol. The minimum atomic E-state index is -0.611. The maximum Gasteiger partial charge on any atom is 0.248 e. The van der Waals surface area contributed by atoms with Crippen molar-refractivity contribution in [2.24, 2.45) is 5.73 Å². The second-order valence-electron chi connectivity index (χ2n) is 6.89. The summed E-state index contributed by atoms with van der Waals surface area (Å²) in [7, 11) is 0. The number of amides is 2. The molecule has 0 aromatic heterocycles. The summed E-state index contributed by atoms with van der Waals surface area (Å²) in [5, 5.41) is 0. The quantitative estimate of drug-likeness (QED) is 0.793. The Bertz CT molecular complexity index is 888. The Morgan fingerprint density at radius 1 is 0.966 bits per heavy atom. The highest BCUT2D eigenvalue weighted by Crippen LogP contribution is 2.38. The lowest BCUT2D eigenvalue weighted by atomic mass is 10.0. The number of fused-ring (bicyclic) bond motifs is 1. The monoisotopic (exact) mass is 398 g/mol. The van der Waals surface area contributed by atoms with E-state index in [9.17, 15) is 9.59 Å². The molecule has 2 aliphatic heterocycles. The largest absolute Gasteiger partial charge is 0.454 e. The van der Waals surface area contributed by atoms with E-state index in [0.29, 0.717) is 24.6 Å². The van der Waals surface area contributed by atoms with Crippen LogP contribution >= 0.6 is 0 Å². The standard InChI is InChI=1S/C21H22N2O6/c22-20(24)11-26-12-21(25)23-9-18(14-4-2-1-3-5-14)29-19(10-23)15-6-7-16-17(8-15)28-13-27-16/h1-8,18-19H,9-13H2,(H2,22,24)/t18-,19+/m0/s1. The first-order valence-electron chi connectivity index (χ1n) is 9.34. The van der Waals surface area contributed by atoms with Crippen LogP contribution in [-0.2, 0) is 19.1 Å². The molecule has 1 fully saturated rings. The van der Waals surface area contributed by atoms with E-state index in [1.807, 2.05) is 48.5 Å². The van der Waals surface area contributed by atoms with Gasteiger partial charge in [-0.05, 0) is 23.3 Å². The smallest absolute Gasteiger partial charge is 0.248 e. The normalized spacial score (nSPS) is 20.5. The van der Waals surface area contributed by atoms with Crippen LogP contribution in [0.5, 0.6) is 11.5 Å². The first kappa shape index (κ1) is 19.2. The zero-order valence-corrected chi connectivity index (χ0v) is 15.8. The third-order valence-corrected chi connectivity index (χ3v) is 4.86. The van der Waals surface area contributed by atoms with Crippen molar-refractivity contribution in [3.05, 3.63) is 59.7 Å². The third-order valence-electron chi connectivity index (χ3n) is 4.86. The molecule has 4 rings (SSSR count). The molecule has 29 heavy (non-hydrogen) atoms. The van der Waals surface area contributed by atoms with Crippen molar-refractivity contribution in [3.63, 3.8) is 0 Å². The molecule has 2 aliphatic rings. The van der Waals surface area contributed by atoms with Gasteiger partial charge in [-0.1, -0.05) is 36.4 Å². The summed E-state index contributed by atoms with van der Waals surface area (Å²) in [6, 6.07) is 15.4. The number of carbonyl (C=O) groups is 2. The van der Waals surface area contributed by atoms with Crippen molar-refractivity contribution >= 4 is 11.8 Å². The maximum atomic E-state index is 12.7. The van der Waals surface area contributed by atoms with E-state index in [0.717, 1.165) is 11.1 Å². The highest BCUT2D eigenvalue weighted by molar-refractivity contribution is 5.79. The van der Waals surface area contributed by atoms with E-state index >= 15 is 0 Å². The fourth-order valence-electron chi connectivity index (χ4n) is 3.44. The molecule has 0 saturated carbocycles. The summed E-state index contributed by atoms with van der Waals surface area (Å²) in [5.74, 6) is 0.522. The van der Waals surface area contributed by atoms with Gasteiger partial charge in [0, 0.05) is 0 Å². The number of hydrogen-bond acceptors (Lipinski definition) is 6. The highest BCUT2D eigenvalue weighted by atomic mass is 16.7. The first-order chi connectivity index (χ1) is 14.1. The van der Waals surface area contributed by atoms with E-state index in [-0.39, 0.29) is 38.1 Å². The second kappa shape index (κ2) is 8.50. The van der Waals surface area contributed by atoms with Crippen molar-refractivity contribution in [2.75, 3.05) is 33.1 Å². The van der Waals surface area contributed by atoms with E-state index < -0.39 is 5.91 Å². The number of ether oxygens (including phenoxy) is 4. The molecule has 152 valence electrons. The molecule has 2 N–H and O–H groups in total. The first-order valence-corrected chi connectivity index (χ1v) is 9.34. The van der Waals surface area contributed by atoms with Crippen molar-refractivity contribution < 1.29 is 28.5 Å². The van der Waals surface area contributed by atoms with E-state index in [4.69, 9.17) is 24.7 Å². The van der Waals surface area contributed by atoms with Crippen molar-refractivity contribution in [1.82, 2.24) is 4.90 Å². The molecule has 0 aliphatic carbocycles. The van der Waals surface area contributed by atoms with Crippen LogP contribution in [-0.4, -0.2) is 49.8 Å². The lowest BCUT2D eigenvalue weighted by Crippen LogP contribution is -2.45. The predicted molar refractivity (Wildman–Crippen MR) is 102 cm³/mol. The molecule has 2 aromatic carbocycles. The summed E-state index contributed by atoms with van der Waals surface area (Å²) < 4.78 is 22.3. The highest BCUT2D eigenvalue weighted by Gasteiger charge is 2.33. The predicted octanol–water partition coefficient (Wildman–Crippen LogP) is 1.56. The minimum Gasteiger partial charge on any atom is -0.454 e. The van der Waals surface area contributed by atoms with Gasteiger partial charge in [0.25, 0.3) is 0 Å². The molecule has 2 heterocycles. The third kappa shape index (κ3) is 4.49. The Labute approximate surface area is 168 Å². The molecule has 0 radical (unpaired) electrons. The van der Waals surface area contributed by atoms with Gasteiger partial charge in [-0.25, -0.2) is 0 Å². The average molecular weight is 398 g/mol. The van der Waals surface area contributed by atoms with Gasteiger partial charge >= 0.3 is 0 Å². The van der Waals surface area contributed by atoms with Crippen LogP contribution in [0.2, 0.25) is 0 Å². The van der Waals surface area contributed by atoms with Crippen LogP contribution in [0, 0.1) is 0 Å². The number of nitrogens with zero attached hydrogens (tertiary/aromatic N) is 1. The molecule has 8 nitrogen and oxygen atoms in total. The van der Waals surface area contributed by atoms with Crippen molar-refractivity contribution in [3.8, 4) is 11.5 Å². The van der Waals surface area contributed by atoms with E-state index in [1.165, 1.54) is 0 Å². The number of primary amides is 1. The summed E-state index contributed by atoms with van der Waals surface area (Å²) >= 11 is 0. The maximum absolute atomic E-state index is 12.7. The van der Waals surface area contributed by atoms with Gasteiger partial charge in [0.1, 0.15) is 25.4 Å². The van der Waals surface area contributed by atoms with Gasteiger partial charge in [-0.3, -0.25) is 9.59 Å². The Morgan fingerprint density at radius 3 is 2.45 bits per heavy atom. The molecule has 1 saturated heterocycles. The van der Waals surface area contributed by atoms with Gasteiger partial charge in [0.05, 0.1) is 13.1 Å². The lowest BCUT2D eigenvalue weighted by Gasteiger charge is -2.38. The van der Waals surface area contributed by atoms with Gasteiger partial charge in [0.15, 0.2) is 11.5 Å². The number of carbonyl (C=O) groups excluding carboxylic acids is 2. The Kier molecular flexibility index (Phi) is 5.64. The molecule has 2 aromatic rings. The van der Waals surface area contributed by atoms with Crippen LogP contribution in [0.1, 0.15) is 23.3 Å². The number of morpholine rings is 1. The Morgan fingerprint density at radius 2 is 1.69 bits per heavy atom. The second-order valence-corrected chi connectivity index (χ2v) is 6.89. The molecule has 2 amide bonds. The lowest BCUT2D eigenvalue weighted by molar-refractivity contribution is -0.152. The summed E-state index contributed by atoms with van der Waals surface area (Å²) in [4.78, 5) is 25.2. The summed E-state index contributed by atoms with van der Waals surface area (Å²) in [6.45, 7) is 0.451.